The average Bonchev–Trinajstić information content (AvgIpc) is 3.26. The van der Waals surface area contributed by atoms with Gasteiger partial charge in [-0.05, 0) is 54.1 Å². The van der Waals surface area contributed by atoms with Gasteiger partial charge in [0, 0.05) is 44.5 Å². The van der Waals surface area contributed by atoms with Gasteiger partial charge in [0.25, 0.3) is 0 Å². The van der Waals surface area contributed by atoms with E-state index in [-0.39, 0.29) is 0 Å². The van der Waals surface area contributed by atoms with Crippen LogP contribution in [0, 0.1) is 0 Å². The van der Waals surface area contributed by atoms with Gasteiger partial charge in [-0.3, -0.25) is 4.90 Å². The third kappa shape index (κ3) is 7.33. The van der Waals surface area contributed by atoms with E-state index < -0.39 is 0 Å². The van der Waals surface area contributed by atoms with Crippen LogP contribution in [0.4, 0.5) is 0 Å². The first-order valence-corrected chi connectivity index (χ1v) is 11.6. The maximum atomic E-state index is 5.54. The number of piperidine rings is 1. The van der Waals surface area contributed by atoms with Crippen LogP contribution in [-0.2, 0) is 13.1 Å². The van der Waals surface area contributed by atoms with Crippen LogP contribution in [0.1, 0.15) is 44.2 Å². The molecule has 0 atom stereocenters. The Labute approximate surface area is 178 Å². The first kappa shape index (κ1) is 21.6. The molecule has 0 aromatic carbocycles. The Morgan fingerprint density at radius 2 is 2.10 bits per heavy atom. The number of likely N-dealkylation sites (tertiary alicyclic amines) is 1. The molecule has 3 heterocycles. The molecule has 0 unspecified atom stereocenters. The van der Waals surface area contributed by atoms with E-state index in [0.717, 1.165) is 57.0 Å². The highest BCUT2D eigenvalue weighted by molar-refractivity contribution is 7.07. The second kappa shape index (κ2) is 11.8. The summed E-state index contributed by atoms with van der Waals surface area (Å²) >= 11 is 1.78. The van der Waals surface area contributed by atoms with Gasteiger partial charge in [0.15, 0.2) is 5.96 Å². The molecule has 6 nitrogen and oxygen atoms in total. The number of aromatic nitrogens is 1. The van der Waals surface area contributed by atoms with Crippen LogP contribution in [0.5, 0.6) is 5.88 Å². The fourth-order valence-corrected chi connectivity index (χ4v) is 4.02. The molecule has 2 aromatic rings. The molecular weight excluding hydrogens is 382 g/mol. The van der Waals surface area contributed by atoms with Gasteiger partial charge >= 0.3 is 0 Å². The fraction of sp³-hybridized carbons (Fsp3) is 0.545. The van der Waals surface area contributed by atoms with E-state index in [1.54, 1.807) is 11.3 Å². The first-order chi connectivity index (χ1) is 14.3. The van der Waals surface area contributed by atoms with Crippen molar-refractivity contribution in [1.82, 2.24) is 20.5 Å². The Hall–Kier alpha value is -2.12. The fourth-order valence-electron chi connectivity index (χ4n) is 3.36. The number of hydrogen-bond acceptors (Lipinski definition) is 5. The van der Waals surface area contributed by atoms with Crippen molar-refractivity contribution in [2.75, 3.05) is 26.2 Å². The first-order valence-electron chi connectivity index (χ1n) is 10.6. The number of thiophene rings is 1. The summed E-state index contributed by atoms with van der Waals surface area (Å²) in [7, 11) is 0. The monoisotopic (exact) mass is 415 g/mol. The third-order valence-corrected chi connectivity index (χ3v) is 5.66. The number of guanidine groups is 1. The molecule has 0 saturated carbocycles. The molecule has 1 saturated heterocycles. The van der Waals surface area contributed by atoms with Gasteiger partial charge in [-0.1, -0.05) is 13.0 Å². The van der Waals surface area contributed by atoms with Gasteiger partial charge < -0.3 is 15.4 Å². The summed E-state index contributed by atoms with van der Waals surface area (Å²) in [5.41, 5.74) is 2.51. The molecule has 158 valence electrons. The highest BCUT2D eigenvalue weighted by atomic mass is 32.1. The third-order valence-electron chi connectivity index (χ3n) is 4.93. The Morgan fingerprint density at radius 3 is 2.76 bits per heavy atom. The lowest BCUT2D eigenvalue weighted by atomic mass is 10.0. The van der Waals surface area contributed by atoms with Gasteiger partial charge in [0.1, 0.15) is 0 Å². The lowest BCUT2D eigenvalue weighted by Crippen LogP contribution is -2.48. The number of aliphatic imine (C=N–C) groups is 1. The van der Waals surface area contributed by atoms with Crippen molar-refractivity contribution in [2.45, 2.75) is 52.2 Å². The van der Waals surface area contributed by atoms with E-state index in [1.807, 2.05) is 18.3 Å². The lowest BCUT2D eigenvalue weighted by Gasteiger charge is -2.33. The number of rotatable bonds is 9. The standard InChI is InChI=1S/C22H33N5OS/c1-3-12-28-21-6-5-18(14-24-21)15-25-22(23-4-2)26-20-7-10-27(11-8-20)16-19-9-13-29-17-19/h5-6,9,13-14,17,20H,3-4,7-8,10-12,15-16H2,1-2H3,(H2,23,25,26). The van der Waals surface area contributed by atoms with Crippen LogP contribution in [0.3, 0.4) is 0 Å². The minimum atomic E-state index is 0.467. The Balaban J connectivity index is 1.46. The SMILES string of the molecule is CCCOc1ccc(CN=C(NCC)NC2CCN(Cc3ccsc3)CC2)cn1. The van der Waals surface area contributed by atoms with Crippen LogP contribution in [0.2, 0.25) is 0 Å². The Kier molecular flexibility index (Phi) is 8.77. The number of pyridine rings is 1. The van der Waals surface area contributed by atoms with Crippen molar-refractivity contribution in [3.63, 3.8) is 0 Å². The summed E-state index contributed by atoms with van der Waals surface area (Å²) in [6.45, 7) is 9.65. The topological polar surface area (TPSA) is 61.8 Å². The van der Waals surface area contributed by atoms with Crippen LogP contribution in [0.15, 0.2) is 40.1 Å². The molecule has 0 bridgehead atoms. The quantitative estimate of drug-likeness (QED) is 0.484. The van der Waals surface area contributed by atoms with Crippen molar-refractivity contribution < 1.29 is 4.74 Å². The van der Waals surface area contributed by atoms with E-state index in [0.29, 0.717) is 25.1 Å². The summed E-state index contributed by atoms with van der Waals surface area (Å²) in [5, 5.41) is 11.4. The van der Waals surface area contributed by atoms with E-state index in [1.165, 1.54) is 5.56 Å². The lowest BCUT2D eigenvalue weighted by molar-refractivity contribution is 0.198. The second-order valence-electron chi connectivity index (χ2n) is 7.37. The van der Waals surface area contributed by atoms with Gasteiger partial charge in [0.2, 0.25) is 5.88 Å². The maximum Gasteiger partial charge on any atom is 0.213 e. The molecule has 0 radical (unpaired) electrons. The zero-order chi connectivity index (χ0) is 20.3. The van der Waals surface area contributed by atoms with Crippen molar-refractivity contribution >= 4 is 17.3 Å². The predicted molar refractivity (Wildman–Crippen MR) is 121 cm³/mol. The molecule has 0 amide bonds. The Bertz CT molecular complexity index is 724. The Morgan fingerprint density at radius 1 is 1.24 bits per heavy atom. The van der Waals surface area contributed by atoms with Crippen LogP contribution in [-0.4, -0.2) is 48.1 Å². The van der Waals surface area contributed by atoms with Gasteiger partial charge in [-0.15, -0.1) is 0 Å². The molecule has 2 aromatic heterocycles. The molecular formula is C22H33N5OS. The van der Waals surface area contributed by atoms with Crippen LogP contribution in [0.25, 0.3) is 0 Å². The van der Waals surface area contributed by atoms with Crippen LogP contribution < -0.4 is 15.4 Å². The van der Waals surface area contributed by atoms with E-state index in [4.69, 9.17) is 9.73 Å². The molecule has 0 aliphatic carbocycles. The zero-order valence-electron chi connectivity index (χ0n) is 17.6. The number of nitrogens with zero attached hydrogens (tertiary/aromatic N) is 3. The molecule has 1 aliphatic rings. The van der Waals surface area contributed by atoms with E-state index in [2.05, 4.69) is 51.2 Å². The number of ether oxygens (including phenoxy) is 1. The minimum absolute atomic E-state index is 0.467. The molecule has 0 spiro atoms. The number of hydrogen-bond donors (Lipinski definition) is 2. The summed E-state index contributed by atoms with van der Waals surface area (Å²) in [4.78, 5) is 11.6. The molecule has 2 N–H and O–H groups in total. The van der Waals surface area contributed by atoms with Crippen molar-refractivity contribution in [3.8, 4) is 5.88 Å². The molecule has 29 heavy (non-hydrogen) atoms. The van der Waals surface area contributed by atoms with Gasteiger partial charge in [-0.2, -0.15) is 11.3 Å². The van der Waals surface area contributed by atoms with Crippen molar-refractivity contribution in [3.05, 3.63) is 46.3 Å². The minimum Gasteiger partial charge on any atom is -0.478 e. The molecule has 3 rings (SSSR count). The normalized spacial score (nSPS) is 16.0. The molecule has 7 heteroatoms. The highest BCUT2D eigenvalue weighted by Crippen LogP contribution is 2.15. The summed E-state index contributed by atoms with van der Waals surface area (Å²) < 4.78 is 5.54. The summed E-state index contributed by atoms with van der Waals surface area (Å²) in [5.74, 6) is 1.56. The number of nitrogens with one attached hydrogen (secondary N) is 2. The van der Waals surface area contributed by atoms with Gasteiger partial charge in [0.05, 0.1) is 13.2 Å². The van der Waals surface area contributed by atoms with Crippen molar-refractivity contribution in [2.24, 2.45) is 4.99 Å². The summed E-state index contributed by atoms with van der Waals surface area (Å²) in [6.07, 6.45) is 5.11. The van der Waals surface area contributed by atoms with Gasteiger partial charge in [-0.25, -0.2) is 9.98 Å². The van der Waals surface area contributed by atoms with Crippen LogP contribution >= 0.6 is 11.3 Å². The van der Waals surface area contributed by atoms with E-state index >= 15 is 0 Å². The smallest absolute Gasteiger partial charge is 0.213 e. The largest absolute Gasteiger partial charge is 0.478 e. The average molecular weight is 416 g/mol. The molecule has 1 fully saturated rings. The molecule has 1 aliphatic heterocycles. The zero-order valence-corrected chi connectivity index (χ0v) is 18.4. The second-order valence-corrected chi connectivity index (χ2v) is 8.15. The summed E-state index contributed by atoms with van der Waals surface area (Å²) in [6, 6.07) is 6.65. The van der Waals surface area contributed by atoms with E-state index in [9.17, 15) is 0 Å². The maximum absolute atomic E-state index is 5.54. The van der Waals surface area contributed by atoms with Crippen molar-refractivity contribution in [1.29, 1.82) is 0 Å². The highest BCUT2D eigenvalue weighted by Gasteiger charge is 2.20. The predicted octanol–water partition coefficient (Wildman–Crippen LogP) is 3.65.